The second-order valence-corrected chi connectivity index (χ2v) is 12.2. The van der Waals surface area contributed by atoms with E-state index in [2.05, 4.69) is 4.72 Å². The number of sulfonamides is 1. The summed E-state index contributed by atoms with van der Waals surface area (Å²) in [5.41, 5.74) is 1.19. The van der Waals surface area contributed by atoms with Crippen LogP contribution in [0.25, 0.3) is 0 Å². The maximum Gasteiger partial charge on any atom is 0.310 e. The van der Waals surface area contributed by atoms with Gasteiger partial charge in [0.25, 0.3) is 5.69 Å². The molecule has 0 amide bonds. The third kappa shape index (κ3) is 4.75. The van der Waals surface area contributed by atoms with Crippen molar-refractivity contribution in [3.63, 3.8) is 0 Å². The topological polar surface area (TPSA) is 162 Å². The van der Waals surface area contributed by atoms with Gasteiger partial charge in [-0.3, -0.25) is 14.9 Å². The number of rotatable bonds is 8. The van der Waals surface area contributed by atoms with Crippen molar-refractivity contribution in [1.29, 1.82) is 0 Å². The molecule has 2 heterocycles. The predicted octanol–water partition coefficient (Wildman–Crippen LogP) is 3.96. The number of nitrogens with one attached hydrogen (secondary N) is 1. The van der Waals surface area contributed by atoms with Crippen LogP contribution in [0.5, 0.6) is 28.7 Å². The lowest BCUT2D eigenvalue weighted by atomic mass is 9.65. The molecule has 3 aliphatic rings. The molecule has 1 saturated heterocycles. The van der Waals surface area contributed by atoms with E-state index in [1.54, 1.807) is 24.3 Å². The Labute approximate surface area is 250 Å². The second kappa shape index (κ2) is 10.8. The zero-order valence-corrected chi connectivity index (χ0v) is 24.6. The average Bonchev–Trinajstić information content (AvgIpc) is 3.61. The Morgan fingerprint density at radius 1 is 0.953 bits per heavy atom. The molecule has 43 heavy (non-hydrogen) atoms. The molecule has 1 aliphatic carbocycles. The molecule has 3 aromatic carbocycles. The SMILES string of the molecule is COc1cc([C@@H]2c3cc4c(cc3[C@@H](NS(=O)(=O)c3ccc(Cl)c([N+](=O)[O-])c3)[C@H]3COC(=O)[C@H]23)OCO4)cc(OC)c1OC. The van der Waals surface area contributed by atoms with Crippen LogP contribution < -0.4 is 28.4 Å². The van der Waals surface area contributed by atoms with Crippen molar-refractivity contribution in [3.05, 3.63) is 74.3 Å². The van der Waals surface area contributed by atoms with Gasteiger partial charge in [0.05, 0.1) is 49.7 Å². The number of carbonyl (C=O) groups excluding carboxylic acids is 1. The first-order valence-electron chi connectivity index (χ1n) is 12.9. The molecule has 0 bridgehead atoms. The van der Waals surface area contributed by atoms with Crippen LogP contribution in [0.3, 0.4) is 0 Å². The summed E-state index contributed by atoms with van der Waals surface area (Å²) in [6.45, 7) is -0.112. The fourth-order valence-corrected chi connectivity index (χ4v) is 7.50. The lowest BCUT2D eigenvalue weighted by Gasteiger charge is -2.39. The van der Waals surface area contributed by atoms with Gasteiger partial charge >= 0.3 is 5.97 Å². The second-order valence-electron chi connectivity index (χ2n) is 10.1. The average molecular weight is 633 g/mol. The van der Waals surface area contributed by atoms with Crippen molar-refractivity contribution in [2.24, 2.45) is 11.8 Å². The van der Waals surface area contributed by atoms with Gasteiger partial charge in [0.15, 0.2) is 23.0 Å². The number of halogens is 1. The van der Waals surface area contributed by atoms with Crippen LogP contribution in [0, 0.1) is 22.0 Å². The molecule has 4 atom stereocenters. The molecular weight excluding hydrogens is 608 g/mol. The summed E-state index contributed by atoms with van der Waals surface area (Å²) >= 11 is 5.92. The summed E-state index contributed by atoms with van der Waals surface area (Å²) in [6, 6.07) is 9.11. The number of cyclic esters (lactones) is 1. The summed E-state index contributed by atoms with van der Waals surface area (Å²) in [5, 5.41) is 11.2. The van der Waals surface area contributed by atoms with E-state index < -0.39 is 50.4 Å². The third-order valence-electron chi connectivity index (χ3n) is 7.94. The molecule has 3 aromatic rings. The van der Waals surface area contributed by atoms with Gasteiger partial charge < -0.3 is 28.4 Å². The number of fused-ring (bicyclic) bond motifs is 3. The lowest BCUT2D eigenvalue weighted by Crippen LogP contribution is -2.42. The minimum absolute atomic E-state index is 0.0349. The van der Waals surface area contributed by atoms with Gasteiger partial charge in [-0.2, -0.15) is 0 Å². The van der Waals surface area contributed by atoms with Crippen molar-refractivity contribution >= 4 is 33.3 Å². The number of nitrogens with zero attached hydrogens (tertiary/aromatic N) is 1. The molecule has 2 aliphatic heterocycles. The molecule has 0 saturated carbocycles. The van der Waals surface area contributed by atoms with Crippen molar-refractivity contribution in [2.75, 3.05) is 34.7 Å². The van der Waals surface area contributed by atoms with E-state index in [4.69, 9.17) is 40.0 Å². The molecule has 0 unspecified atom stereocenters. The molecule has 0 spiro atoms. The van der Waals surface area contributed by atoms with Crippen LogP contribution in [0.1, 0.15) is 28.7 Å². The van der Waals surface area contributed by atoms with Crippen molar-refractivity contribution in [1.82, 2.24) is 4.72 Å². The zero-order chi connectivity index (χ0) is 30.6. The number of esters is 1. The summed E-state index contributed by atoms with van der Waals surface area (Å²) in [4.78, 5) is 23.7. The fraction of sp³-hybridized carbons (Fsp3) is 0.321. The normalized spacial score (nSPS) is 21.9. The first-order valence-corrected chi connectivity index (χ1v) is 14.8. The van der Waals surface area contributed by atoms with Crippen molar-refractivity contribution in [3.8, 4) is 28.7 Å². The molecule has 0 aromatic heterocycles. The smallest absolute Gasteiger partial charge is 0.310 e. The van der Waals surface area contributed by atoms with Gasteiger partial charge in [-0.25, -0.2) is 13.1 Å². The highest BCUT2D eigenvalue weighted by molar-refractivity contribution is 7.89. The number of hydrogen-bond acceptors (Lipinski definition) is 11. The van der Waals surface area contributed by atoms with Crippen LogP contribution in [-0.4, -0.2) is 54.0 Å². The van der Waals surface area contributed by atoms with Crippen LogP contribution >= 0.6 is 11.6 Å². The standard InChI is InChI=1S/C28H25ClN2O11S/c1-37-22-6-13(7-23(38-2)27(22)39-3)24-15-9-20-21(42-12-41-20)10-16(15)26(17-11-40-28(32)25(17)24)30-43(35,36)14-4-5-18(29)19(8-14)31(33)34/h4-10,17,24-26,30H,11-12H2,1-3H3/t17-,24+,25-,26+/m0/s1. The van der Waals surface area contributed by atoms with Crippen LogP contribution in [-0.2, 0) is 19.6 Å². The highest BCUT2D eigenvalue weighted by Crippen LogP contribution is 2.56. The molecule has 1 fully saturated rings. The Morgan fingerprint density at radius 2 is 1.60 bits per heavy atom. The van der Waals surface area contributed by atoms with Crippen LogP contribution in [0.2, 0.25) is 5.02 Å². The summed E-state index contributed by atoms with van der Waals surface area (Å²) in [6.07, 6.45) is 0. The maximum atomic E-state index is 13.7. The number of benzene rings is 3. The molecule has 0 radical (unpaired) electrons. The number of methoxy groups -OCH3 is 3. The van der Waals surface area contributed by atoms with Gasteiger partial charge in [-0.05, 0) is 53.1 Å². The Kier molecular flexibility index (Phi) is 7.22. The van der Waals surface area contributed by atoms with E-state index >= 15 is 0 Å². The van der Waals surface area contributed by atoms with E-state index in [0.717, 1.165) is 12.1 Å². The van der Waals surface area contributed by atoms with Gasteiger partial charge in [-0.1, -0.05) is 11.6 Å². The van der Waals surface area contributed by atoms with E-state index in [1.165, 1.54) is 27.4 Å². The highest BCUT2D eigenvalue weighted by Gasteiger charge is 2.53. The summed E-state index contributed by atoms with van der Waals surface area (Å²) < 4.78 is 63.4. The molecule has 15 heteroatoms. The largest absolute Gasteiger partial charge is 0.493 e. The van der Waals surface area contributed by atoms with Crippen LogP contribution in [0.15, 0.2) is 47.4 Å². The monoisotopic (exact) mass is 632 g/mol. The van der Waals surface area contributed by atoms with Gasteiger partial charge in [0.1, 0.15) is 5.02 Å². The molecule has 6 rings (SSSR count). The zero-order valence-electron chi connectivity index (χ0n) is 23.0. The third-order valence-corrected chi connectivity index (χ3v) is 9.70. The molecule has 1 N–H and O–H groups in total. The van der Waals surface area contributed by atoms with E-state index in [0.29, 0.717) is 45.4 Å². The maximum absolute atomic E-state index is 13.7. The van der Waals surface area contributed by atoms with E-state index in [-0.39, 0.29) is 23.3 Å². The Bertz CT molecular complexity index is 1740. The molecule has 13 nitrogen and oxygen atoms in total. The van der Waals surface area contributed by atoms with Gasteiger partial charge in [0.2, 0.25) is 22.6 Å². The first kappa shape index (κ1) is 28.8. The number of hydrogen-bond donors (Lipinski definition) is 1. The number of ether oxygens (including phenoxy) is 6. The number of nitro benzene ring substituents is 1. The van der Waals surface area contributed by atoms with Crippen LogP contribution in [0.4, 0.5) is 5.69 Å². The minimum atomic E-state index is -4.37. The van der Waals surface area contributed by atoms with E-state index in [1.807, 2.05) is 0 Å². The van der Waals surface area contributed by atoms with Crippen molar-refractivity contribution in [2.45, 2.75) is 16.9 Å². The lowest BCUT2D eigenvalue weighted by molar-refractivity contribution is -0.384. The molecule has 226 valence electrons. The van der Waals surface area contributed by atoms with Crippen molar-refractivity contribution < 1.29 is 46.6 Å². The van der Waals surface area contributed by atoms with Gasteiger partial charge in [0, 0.05) is 17.9 Å². The first-order chi connectivity index (χ1) is 20.6. The number of nitro groups is 1. The Balaban J connectivity index is 1.53. The summed E-state index contributed by atoms with van der Waals surface area (Å²) in [5.74, 6) is -0.709. The minimum Gasteiger partial charge on any atom is -0.493 e. The quantitative estimate of drug-likeness (QED) is 0.217. The fourth-order valence-electron chi connectivity index (χ4n) is 6.03. The van der Waals surface area contributed by atoms with E-state index in [9.17, 15) is 23.3 Å². The van der Waals surface area contributed by atoms with Gasteiger partial charge in [-0.15, -0.1) is 0 Å². The predicted molar refractivity (Wildman–Crippen MR) is 150 cm³/mol. The number of carbonyl (C=O) groups is 1. The highest BCUT2D eigenvalue weighted by atomic mass is 35.5. The Hall–Kier alpha value is -4.27. The summed E-state index contributed by atoms with van der Waals surface area (Å²) in [7, 11) is 0.0699. The molecular formula is C28H25ClN2O11S. The Morgan fingerprint density at radius 3 is 2.21 bits per heavy atom.